The van der Waals surface area contributed by atoms with E-state index in [-0.39, 0.29) is 48.2 Å². The molecule has 0 aromatic carbocycles. The van der Waals surface area contributed by atoms with Gasteiger partial charge >= 0.3 is 0 Å². The number of sulfonamides is 1. The number of carbonyl (C=O) groups is 2. The predicted octanol–water partition coefficient (Wildman–Crippen LogP) is 6.43. The minimum absolute atomic E-state index is 0.0635. The molecule has 0 spiro atoms. The Morgan fingerprint density at radius 1 is 1.06 bits per heavy atom. The highest BCUT2D eigenvalue weighted by Gasteiger charge is 2.34. The average Bonchev–Trinajstić information content (AvgIpc) is 3.78. The summed E-state index contributed by atoms with van der Waals surface area (Å²) >= 11 is 2.95. The van der Waals surface area contributed by atoms with Gasteiger partial charge in [-0.2, -0.15) is 0 Å². The van der Waals surface area contributed by atoms with E-state index in [9.17, 15) is 18.0 Å². The summed E-state index contributed by atoms with van der Waals surface area (Å²) in [4.78, 5) is 36.5. The van der Waals surface area contributed by atoms with Crippen LogP contribution in [0.1, 0.15) is 98.1 Å². The molecule has 0 bridgehead atoms. The molecule has 0 unspecified atom stereocenters. The van der Waals surface area contributed by atoms with Crippen LogP contribution in [0, 0.1) is 29.6 Å². The molecule has 12 nitrogen and oxygen atoms in total. The average molecular weight is 782 g/mol. The Balaban J connectivity index is 0.939. The Hall–Kier alpha value is -2.04. The number of ether oxygens (including phenoxy) is 2. The summed E-state index contributed by atoms with van der Waals surface area (Å²) in [6, 6.07) is 0. The molecule has 15 heteroatoms. The van der Waals surface area contributed by atoms with Gasteiger partial charge in [0.1, 0.15) is 12.4 Å². The lowest BCUT2D eigenvalue weighted by molar-refractivity contribution is -0.143. The van der Waals surface area contributed by atoms with Gasteiger partial charge in [0, 0.05) is 44.1 Å². The van der Waals surface area contributed by atoms with E-state index >= 15 is 0 Å². The minimum atomic E-state index is -3.49. The molecule has 2 aromatic heterocycles. The van der Waals surface area contributed by atoms with Crippen molar-refractivity contribution in [1.82, 2.24) is 19.2 Å². The summed E-state index contributed by atoms with van der Waals surface area (Å²) in [6.07, 6.45) is 9.69. The number of carbonyl (C=O) groups excluding carboxylic acids is 2. The molecule has 3 atom stereocenters. The molecular formula is C37H59N5O7S3. The van der Waals surface area contributed by atoms with E-state index in [0.717, 1.165) is 29.2 Å². The van der Waals surface area contributed by atoms with E-state index in [2.05, 4.69) is 56.8 Å². The second-order valence-corrected chi connectivity index (χ2v) is 20.6. The zero-order chi connectivity index (χ0) is 37.5. The van der Waals surface area contributed by atoms with E-state index in [4.69, 9.17) is 13.9 Å². The lowest BCUT2D eigenvalue weighted by atomic mass is 9.75. The number of piperidine rings is 2. The van der Waals surface area contributed by atoms with Crippen molar-refractivity contribution in [1.29, 1.82) is 0 Å². The lowest BCUT2D eigenvalue weighted by Crippen LogP contribution is -2.43. The Kier molecular flexibility index (Phi) is 14.7. The number of nitrogens with zero attached hydrogens (tertiary/aromatic N) is 4. The molecule has 4 heterocycles. The fourth-order valence-electron chi connectivity index (χ4n) is 7.31. The largest absolute Gasteiger partial charge is 0.444 e. The minimum Gasteiger partial charge on any atom is -0.444 e. The van der Waals surface area contributed by atoms with Crippen LogP contribution >= 0.6 is 23.1 Å². The Morgan fingerprint density at radius 2 is 1.79 bits per heavy atom. The summed E-state index contributed by atoms with van der Waals surface area (Å²) in [6.45, 7) is 15.7. The molecule has 3 aliphatic rings. The molecule has 1 N–H and O–H groups in total. The molecule has 5 rings (SSSR count). The molecule has 3 fully saturated rings. The van der Waals surface area contributed by atoms with Crippen molar-refractivity contribution in [2.24, 2.45) is 29.6 Å². The number of hydrogen-bond donors (Lipinski definition) is 1. The molecule has 292 valence electrons. The van der Waals surface area contributed by atoms with Crippen molar-refractivity contribution >= 4 is 50.1 Å². The first-order chi connectivity index (χ1) is 24.7. The SMILES string of the molecule is CC(C)[C@@H]1CC[C@@H](C)C[C@H]1OCC(=O)N1CCC(COCCS(=O)(=O)N2CCC(C(=O)Nc3ncc(SCc4ncc(C(C)(C)C)o4)s3)CC2)CC1. The third-order valence-electron chi connectivity index (χ3n) is 10.8. The van der Waals surface area contributed by atoms with Crippen molar-refractivity contribution in [2.75, 3.05) is 57.1 Å². The van der Waals surface area contributed by atoms with Gasteiger partial charge in [0.05, 0.1) is 40.8 Å². The van der Waals surface area contributed by atoms with Crippen LogP contribution in [-0.4, -0.2) is 97.3 Å². The fraction of sp³-hybridized carbons (Fsp3) is 0.784. The fourth-order valence-corrected chi connectivity index (χ4v) is 10.4. The summed E-state index contributed by atoms with van der Waals surface area (Å²) in [5.41, 5.74) is -0.0997. The number of thiazole rings is 1. The maximum absolute atomic E-state index is 13.1. The normalized spacial score (nSPS) is 23.0. The molecule has 2 amide bonds. The van der Waals surface area contributed by atoms with Crippen molar-refractivity contribution in [3.05, 3.63) is 24.0 Å². The van der Waals surface area contributed by atoms with Crippen LogP contribution in [-0.2, 0) is 40.3 Å². The number of anilines is 1. The summed E-state index contributed by atoms with van der Waals surface area (Å²) in [5.74, 6) is 3.65. The van der Waals surface area contributed by atoms with Crippen molar-refractivity contribution in [3.63, 3.8) is 0 Å². The van der Waals surface area contributed by atoms with Crippen molar-refractivity contribution in [3.8, 4) is 0 Å². The Labute approximate surface area is 318 Å². The number of amides is 2. The maximum atomic E-state index is 13.1. The van der Waals surface area contributed by atoms with Gasteiger partial charge < -0.3 is 24.1 Å². The first kappa shape index (κ1) is 41.1. The van der Waals surface area contributed by atoms with Gasteiger partial charge in [-0.3, -0.25) is 9.59 Å². The highest BCUT2D eigenvalue weighted by atomic mass is 32.2. The number of oxazole rings is 1. The lowest BCUT2D eigenvalue weighted by Gasteiger charge is -2.38. The quantitative estimate of drug-likeness (QED) is 0.159. The number of aromatic nitrogens is 2. The number of hydrogen-bond acceptors (Lipinski definition) is 11. The van der Waals surface area contributed by atoms with Crippen molar-refractivity contribution < 1.29 is 31.9 Å². The zero-order valence-electron chi connectivity index (χ0n) is 31.8. The molecular weight excluding hydrogens is 723 g/mol. The Morgan fingerprint density at radius 3 is 2.46 bits per heavy atom. The molecule has 2 aliphatic heterocycles. The molecule has 0 radical (unpaired) electrons. The molecule has 1 saturated carbocycles. The van der Waals surface area contributed by atoms with E-state index in [0.29, 0.717) is 86.1 Å². The number of rotatable bonds is 15. The van der Waals surface area contributed by atoms with E-state index in [1.165, 1.54) is 28.5 Å². The van der Waals surface area contributed by atoms with E-state index in [1.807, 2.05) is 4.90 Å². The molecule has 52 heavy (non-hydrogen) atoms. The van der Waals surface area contributed by atoms with Crippen LogP contribution in [0.2, 0.25) is 0 Å². The van der Waals surface area contributed by atoms with E-state index in [1.54, 1.807) is 24.2 Å². The van der Waals surface area contributed by atoms with Gasteiger partial charge in [-0.1, -0.05) is 59.3 Å². The van der Waals surface area contributed by atoms with Crippen molar-refractivity contribution in [2.45, 2.75) is 108 Å². The van der Waals surface area contributed by atoms with Gasteiger partial charge in [0.15, 0.2) is 5.13 Å². The highest BCUT2D eigenvalue weighted by Crippen LogP contribution is 2.36. The van der Waals surface area contributed by atoms with E-state index < -0.39 is 10.0 Å². The summed E-state index contributed by atoms with van der Waals surface area (Å²) < 4.78 is 46.4. The van der Waals surface area contributed by atoms with Crippen LogP contribution in [0.5, 0.6) is 0 Å². The standard InChI is InChI=1S/C37H59N5O7S3/c1-25(2)29-8-7-26(3)19-30(29)48-23-33(43)41-13-9-27(10-14-41)22-47-17-18-52(45,46)42-15-11-28(12-16-42)35(44)40-36-39-21-34(51-36)50-24-32-38-20-31(49-32)37(4,5)6/h20-21,25-30H,7-19,22-24H2,1-6H3,(H,39,40,44)/t26-,29+,30-/m1/s1. The maximum Gasteiger partial charge on any atom is 0.248 e. The summed E-state index contributed by atoms with van der Waals surface area (Å²) in [5, 5.41) is 3.44. The molecule has 2 aromatic rings. The third-order valence-corrected chi connectivity index (χ3v) is 14.7. The number of nitrogens with one attached hydrogen (secondary N) is 1. The highest BCUT2D eigenvalue weighted by molar-refractivity contribution is 8.00. The Bertz CT molecular complexity index is 1560. The van der Waals surface area contributed by atoms with Gasteiger partial charge in [-0.05, 0) is 62.2 Å². The number of thioether (sulfide) groups is 1. The monoisotopic (exact) mass is 781 g/mol. The summed E-state index contributed by atoms with van der Waals surface area (Å²) in [7, 11) is -3.49. The molecule has 1 aliphatic carbocycles. The second kappa shape index (κ2) is 18.5. The number of likely N-dealkylation sites (tertiary alicyclic amines) is 1. The zero-order valence-corrected chi connectivity index (χ0v) is 34.3. The topological polar surface area (TPSA) is 144 Å². The van der Waals surface area contributed by atoms with Crippen LogP contribution in [0.15, 0.2) is 21.0 Å². The van der Waals surface area contributed by atoms with Crippen LogP contribution in [0.25, 0.3) is 0 Å². The molecule has 2 saturated heterocycles. The predicted molar refractivity (Wildman–Crippen MR) is 205 cm³/mol. The van der Waals surface area contributed by atoms with Gasteiger partial charge in [0.2, 0.25) is 27.7 Å². The van der Waals surface area contributed by atoms with Gasteiger partial charge in [-0.15, -0.1) is 11.8 Å². The van der Waals surface area contributed by atoms with Gasteiger partial charge in [0.25, 0.3) is 0 Å². The van der Waals surface area contributed by atoms with Crippen LogP contribution in [0.3, 0.4) is 0 Å². The van der Waals surface area contributed by atoms with Crippen LogP contribution < -0.4 is 5.32 Å². The van der Waals surface area contributed by atoms with Crippen LogP contribution in [0.4, 0.5) is 5.13 Å². The third kappa shape index (κ3) is 11.7. The van der Waals surface area contributed by atoms with Gasteiger partial charge in [-0.25, -0.2) is 22.7 Å². The first-order valence-corrected chi connectivity index (χ1v) is 22.4. The smallest absolute Gasteiger partial charge is 0.248 e. The first-order valence-electron chi connectivity index (χ1n) is 19.0. The second-order valence-electron chi connectivity index (χ2n) is 16.2.